The summed E-state index contributed by atoms with van der Waals surface area (Å²) in [5.74, 6) is 1.04. The average molecular weight is 385 g/mol. The molecule has 0 saturated heterocycles. The van der Waals surface area contributed by atoms with Crippen LogP contribution in [0.5, 0.6) is 11.5 Å². The summed E-state index contributed by atoms with van der Waals surface area (Å²) in [6.45, 7) is 0.394. The standard InChI is InChI=1S/C16H15BrClNO3/c1-20-15-8-12(7-14(18)16(15)21-2)9-19-22-10-11-3-5-13(17)6-4-11/h3-9H,10H2,1-2H3/b19-9+. The maximum absolute atomic E-state index is 6.13. The highest BCUT2D eigenvalue weighted by atomic mass is 79.9. The summed E-state index contributed by atoms with van der Waals surface area (Å²) < 4.78 is 11.4. The number of ether oxygens (including phenoxy) is 2. The molecule has 0 heterocycles. The number of nitrogens with zero attached hydrogens (tertiary/aromatic N) is 1. The summed E-state index contributed by atoms with van der Waals surface area (Å²) in [7, 11) is 3.10. The maximum Gasteiger partial charge on any atom is 0.179 e. The van der Waals surface area contributed by atoms with Gasteiger partial charge >= 0.3 is 0 Å². The van der Waals surface area contributed by atoms with E-state index in [0.717, 1.165) is 15.6 Å². The number of benzene rings is 2. The van der Waals surface area contributed by atoms with Crippen molar-refractivity contribution in [1.29, 1.82) is 0 Å². The Morgan fingerprint density at radius 1 is 1.14 bits per heavy atom. The van der Waals surface area contributed by atoms with Crippen LogP contribution < -0.4 is 9.47 Å². The molecule has 6 heteroatoms. The average Bonchev–Trinajstić information content (AvgIpc) is 2.52. The molecule has 0 aliphatic rings. The van der Waals surface area contributed by atoms with E-state index in [4.69, 9.17) is 25.9 Å². The second-order valence-corrected chi connectivity index (χ2v) is 5.70. The highest BCUT2D eigenvalue weighted by molar-refractivity contribution is 9.10. The van der Waals surface area contributed by atoms with Crippen molar-refractivity contribution in [2.45, 2.75) is 6.61 Å². The van der Waals surface area contributed by atoms with Gasteiger partial charge in [0.2, 0.25) is 0 Å². The third-order valence-electron chi connectivity index (χ3n) is 2.88. The number of oxime groups is 1. The van der Waals surface area contributed by atoms with Crippen LogP contribution in [-0.2, 0) is 11.4 Å². The monoisotopic (exact) mass is 383 g/mol. The van der Waals surface area contributed by atoms with Gasteiger partial charge in [0.25, 0.3) is 0 Å². The van der Waals surface area contributed by atoms with E-state index in [0.29, 0.717) is 23.1 Å². The van der Waals surface area contributed by atoms with Gasteiger partial charge in [-0.1, -0.05) is 44.8 Å². The molecule has 0 spiro atoms. The Hall–Kier alpha value is -1.72. The van der Waals surface area contributed by atoms with E-state index in [-0.39, 0.29) is 0 Å². The minimum atomic E-state index is 0.394. The predicted octanol–water partition coefficient (Wildman–Crippen LogP) is 4.67. The van der Waals surface area contributed by atoms with Crippen LogP contribution in [-0.4, -0.2) is 20.4 Å². The molecule has 0 aromatic heterocycles. The Labute approximate surface area is 142 Å². The molecule has 0 aliphatic carbocycles. The quantitative estimate of drug-likeness (QED) is 0.537. The van der Waals surface area contributed by atoms with Crippen LogP contribution in [0, 0.1) is 0 Å². The molecule has 2 aromatic rings. The molecule has 0 unspecified atom stereocenters. The maximum atomic E-state index is 6.13. The van der Waals surface area contributed by atoms with Crippen molar-refractivity contribution in [3.05, 3.63) is 57.0 Å². The molecule has 116 valence electrons. The number of rotatable bonds is 6. The van der Waals surface area contributed by atoms with Gasteiger partial charge in [-0.05, 0) is 29.8 Å². The first-order chi connectivity index (χ1) is 10.6. The Bertz CT molecular complexity index is 659. The minimum absolute atomic E-state index is 0.394. The van der Waals surface area contributed by atoms with Crippen molar-refractivity contribution in [3.63, 3.8) is 0 Å². The van der Waals surface area contributed by atoms with Gasteiger partial charge in [0.15, 0.2) is 11.5 Å². The molecule has 4 nitrogen and oxygen atoms in total. The number of methoxy groups -OCH3 is 2. The van der Waals surface area contributed by atoms with Gasteiger partial charge in [-0.15, -0.1) is 0 Å². The smallest absolute Gasteiger partial charge is 0.179 e. The Morgan fingerprint density at radius 3 is 2.50 bits per heavy atom. The first-order valence-corrected chi connectivity index (χ1v) is 7.62. The summed E-state index contributed by atoms with van der Waals surface area (Å²) in [6.07, 6.45) is 1.58. The Morgan fingerprint density at radius 2 is 1.86 bits per heavy atom. The summed E-state index contributed by atoms with van der Waals surface area (Å²) in [6, 6.07) is 11.3. The fourth-order valence-electron chi connectivity index (χ4n) is 1.80. The largest absolute Gasteiger partial charge is 0.493 e. The van der Waals surface area contributed by atoms with Crippen molar-refractivity contribution in [2.75, 3.05) is 14.2 Å². The molecule has 0 saturated carbocycles. The van der Waals surface area contributed by atoms with Gasteiger partial charge in [0.1, 0.15) is 6.61 Å². The molecule has 0 atom stereocenters. The lowest BCUT2D eigenvalue weighted by Gasteiger charge is -2.09. The second-order valence-electron chi connectivity index (χ2n) is 4.37. The van der Waals surface area contributed by atoms with Crippen molar-refractivity contribution < 1.29 is 14.3 Å². The topological polar surface area (TPSA) is 40.0 Å². The first-order valence-electron chi connectivity index (χ1n) is 6.45. The van der Waals surface area contributed by atoms with Crippen LogP contribution in [0.1, 0.15) is 11.1 Å². The lowest BCUT2D eigenvalue weighted by Crippen LogP contribution is -1.94. The third kappa shape index (κ3) is 4.39. The molecule has 0 radical (unpaired) electrons. The van der Waals surface area contributed by atoms with E-state index < -0.39 is 0 Å². The highest BCUT2D eigenvalue weighted by Gasteiger charge is 2.09. The van der Waals surface area contributed by atoms with Crippen LogP contribution in [0.25, 0.3) is 0 Å². The fourth-order valence-corrected chi connectivity index (χ4v) is 2.36. The molecule has 0 N–H and O–H groups in total. The van der Waals surface area contributed by atoms with Crippen molar-refractivity contribution in [2.24, 2.45) is 5.16 Å². The SMILES string of the molecule is COc1cc(/C=N/OCc2ccc(Br)cc2)cc(Cl)c1OC. The molecule has 0 amide bonds. The van der Waals surface area contributed by atoms with E-state index in [1.54, 1.807) is 32.6 Å². The van der Waals surface area contributed by atoms with Crippen LogP contribution in [0.4, 0.5) is 0 Å². The lowest BCUT2D eigenvalue weighted by atomic mass is 10.2. The zero-order chi connectivity index (χ0) is 15.9. The summed E-state index contributed by atoms with van der Waals surface area (Å²) in [4.78, 5) is 5.27. The molecular formula is C16H15BrClNO3. The van der Waals surface area contributed by atoms with Gasteiger partial charge in [-0.25, -0.2) is 0 Å². The second kappa shape index (κ2) is 8.06. The summed E-state index contributed by atoms with van der Waals surface area (Å²) in [5, 5.41) is 4.39. The van der Waals surface area contributed by atoms with Crippen LogP contribution >= 0.6 is 27.5 Å². The van der Waals surface area contributed by atoms with Crippen molar-refractivity contribution >= 4 is 33.7 Å². The van der Waals surface area contributed by atoms with Crippen LogP contribution in [0.2, 0.25) is 5.02 Å². The fraction of sp³-hybridized carbons (Fsp3) is 0.188. The lowest BCUT2D eigenvalue weighted by molar-refractivity contribution is 0.132. The summed E-state index contributed by atoms with van der Waals surface area (Å²) >= 11 is 9.51. The zero-order valence-electron chi connectivity index (χ0n) is 12.2. The molecule has 0 bridgehead atoms. The third-order valence-corrected chi connectivity index (χ3v) is 3.69. The Balaban J connectivity index is 2.01. The van der Waals surface area contributed by atoms with Gasteiger partial charge in [0.05, 0.1) is 25.5 Å². The minimum Gasteiger partial charge on any atom is -0.493 e. The first kappa shape index (κ1) is 16.6. The van der Waals surface area contributed by atoms with E-state index >= 15 is 0 Å². The van der Waals surface area contributed by atoms with Crippen LogP contribution in [0.15, 0.2) is 46.0 Å². The van der Waals surface area contributed by atoms with Crippen molar-refractivity contribution in [3.8, 4) is 11.5 Å². The van der Waals surface area contributed by atoms with E-state index in [1.807, 2.05) is 24.3 Å². The number of halogens is 2. The van der Waals surface area contributed by atoms with Crippen LogP contribution in [0.3, 0.4) is 0 Å². The van der Waals surface area contributed by atoms with Gasteiger partial charge < -0.3 is 14.3 Å². The number of hydrogen-bond acceptors (Lipinski definition) is 4. The van der Waals surface area contributed by atoms with E-state index in [2.05, 4.69) is 21.1 Å². The molecule has 2 rings (SSSR count). The normalized spacial score (nSPS) is 10.7. The van der Waals surface area contributed by atoms with Crippen molar-refractivity contribution in [1.82, 2.24) is 0 Å². The molecule has 0 fully saturated rings. The van der Waals surface area contributed by atoms with Gasteiger partial charge in [-0.3, -0.25) is 0 Å². The predicted molar refractivity (Wildman–Crippen MR) is 91.1 cm³/mol. The zero-order valence-corrected chi connectivity index (χ0v) is 14.5. The molecule has 0 aliphatic heterocycles. The van der Waals surface area contributed by atoms with Gasteiger partial charge in [-0.2, -0.15) is 0 Å². The summed E-state index contributed by atoms with van der Waals surface area (Å²) in [5.41, 5.74) is 1.80. The Kier molecular flexibility index (Phi) is 6.10. The number of hydrogen-bond donors (Lipinski definition) is 0. The van der Waals surface area contributed by atoms with Gasteiger partial charge in [0, 0.05) is 10.0 Å². The molecule has 22 heavy (non-hydrogen) atoms. The van der Waals surface area contributed by atoms with E-state index in [1.165, 1.54) is 0 Å². The molecule has 2 aromatic carbocycles. The highest BCUT2D eigenvalue weighted by Crippen LogP contribution is 2.35. The molecular weight excluding hydrogens is 370 g/mol. The van der Waals surface area contributed by atoms with E-state index in [9.17, 15) is 0 Å².